The number of nitrogens with two attached hydrogens (primary N) is 1. The first-order chi connectivity index (χ1) is 7.87. The molecule has 5 nitrogen and oxygen atoms in total. The maximum atomic E-state index is 13.3. The van der Waals surface area contributed by atoms with Gasteiger partial charge in [0.25, 0.3) is 9.84 Å². The molecule has 0 radical (unpaired) electrons. The van der Waals surface area contributed by atoms with Crippen LogP contribution in [0.15, 0.2) is 0 Å². The summed E-state index contributed by atoms with van der Waals surface area (Å²) in [5.74, 6) is 0. The van der Waals surface area contributed by atoms with Gasteiger partial charge in [0.15, 0.2) is 0 Å². The number of primary sulfonamides is 1. The molecular weight excluding hydrogens is 302 g/mol. The van der Waals surface area contributed by atoms with E-state index in [-0.39, 0.29) is 6.42 Å². The van der Waals surface area contributed by atoms with Crippen LogP contribution in [0.4, 0.5) is 17.6 Å². The van der Waals surface area contributed by atoms with Crippen molar-refractivity contribution in [1.29, 1.82) is 0 Å². The predicted octanol–water partition coefficient (Wildman–Crippen LogP) is 0.469. The second-order valence-electron chi connectivity index (χ2n) is 4.07. The predicted molar refractivity (Wildman–Crippen MR) is 54.4 cm³/mol. The molecule has 18 heavy (non-hydrogen) atoms. The Morgan fingerprint density at radius 1 is 1.06 bits per heavy atom. The quantitative estimate of drug-likeness (QED) is 0.750. The highest BCUT2D eigenvalue weighted by Gasteiger charge is 2.55. The Hall–Kier alpha value is -0.420. The van der Waals surface area contributed by atoms with E-state index in [0.717, 1.165) is 0 Å². The molecule has 1 rings (SSSR count). The monoisotopic (exact) mass is 313 g/mol. The SMILES string of the molecule is NS(=O)(=O)C1CCC(F)C(S(=O)(=O)C(F)(F)F)C1. The minimum absolute atomic E-state index is 0.288. The third kappa shape index (κ3) is 2.94. The van der Waals surface area contributed by atoms with Crippen LogP contribution in [0.25, 0.3) is 0 Å². The summed E-state index contributed by atoms with van der Waals surface area (Å²) < 4.78 is 94.3. The Labute approximate surface area is 101 Å². The molecule has 0 spiro atoms. The van der Waals surface area contributed by atoms with Crippen molar-refractivity contribution >= 4 is 19.9 Å². The Bertz CT molecular complexity index is 512. The average molecular weight is 313 g/mol. The zero-order valence-electron chi connectivity index (χ0n) is 8.89. The van der Waals surface area contributed by atoms with E-state index in [2.05, 4.69) is 0 Å². The molecule has 0 aromatic heterocycles. The van der Waals surface area contributed by atoms with Gasteiger partial charge >= 0.3 is 5.51 Å². The minimum Gasteiger partial charge on any atom is -0.246 e. The second-order valence-corrected chi connectivity index (χ2v) is 8.07. The molecule has 0 saturated heterocycles. The molecule has 1 saturated carbocycles. The summed E-state index contributed by atoms with van der Waals surface area (Å²) in [6, 6.07) is 0. The lowest BCUT2D eigenvalue weighted by Crippen LogP contribution is -2.47. The van der Waals surface area contributed by atoms with Crippen molar-refractivity contribution < 1.29 is 34.4 Å². The van der Waals surface area contributed by atoms with E-state index in [1.807, 2.05) is 0 Å². The summed E-state index contributed by atoms with van der Waals surface area (Å²) in [7, 11) is -9.92. The van der Waals surface area contributed by atoms with Gasteiger partial charge in [-0.15, -0.1) is 0 Å². The molecular formula is C7H11F4NO4S2. The molecule has 1 fully saturated rings. The van der Waals surface area contributed by atoms with E-state index in [1.54, 1.807) is 0 Å². The largest absolute Gasteiger partial charge is 0.497 e. The molecule has 0 bridgehead atoms. The average Bonchev–Trinajstić information content (AvgIpc) is 2.14. The maximum absolute atomic E-state index is 13.3. The number of hydrogen-bond donors (Lipinski definition) is 1. The zero-order chi connectivity index (χ0) is 14.4. The van der Waals surface area contributed by atoms with E-state index >= 15 is 0 Å². The van der Waals surface area contributed by atoms with Crippen LogP contribution < -0.4 is 5.14 Å². The summed E-state index contributed by atoms with van der Waals surface area (Å²) in [6.07, 6.45) is -4.08. The minimum atomic E-state index is -5.74. The fourth-order valence-corrected chi connectivity index (χ4v) is 4.26. The molecule has 0 amide bonds. The fraction of sp³-hybridized carbons (Fsp3) is 1.00. The fourth-order valence-electron chi connectivity index (χ4n) is 1.85. The van der Waals surface area contributed by atoms with Crippen LogP contribution in [-0.2, 0) is 19.9 Å². The number of hydrogen-bond acceptors (Lipinski definition) is 4. The van der Waals surface area contributed by atoms with Crippen molar-refractivity contribution in [3.05, 3.63) is 0 Å². The highest BCUT2D eigenvalue weighted by Crippen LogP contribution is 2.37. The van der Waals surface area contributed by atoms with E-state index in [9.17, 15) is 34.4 Å². The molecule has 0 aromatic rings. The van der Waals surface area contributed by atoms with E-state index in [1.165, 1.54) is 0 Å². The van der Waals surface area contributed by atoms with Gasteiger partial charge < -0.3 is 0 Å². The number of sulfonamides is 1. The lowest BCUT2D eigenvalue weighted by molar-refractivity contribution is -0.0456. The van der Waals surface area contributed by atoms with Crippen molar-refractivity contribution in [3.8, 4) is 0 Å². The van der Waals surface area contributed by atoms with Gasteiger partial charge in [0, 0.05) is 0 Å². The van der Waals surface area contributed by atoms with E-state index in [0.29, 0.717) is 0 Å². The number of rotatable bonds is 2. The Morgan fingerprint density at radius 3 is 1.94 bits per heavy atom. The van der Waals surface area contributed by atoms with Crippen molar-refractivity contribution in [2.75, 3.05) is 0 Å². The van der Waals surface area contributed by atoms with Gasteiger partial charge in [-0.1, -0.05) is 0 Å². The molecule has 0 aliphatic heterocycles. The maximum Gasteiger partial charge on any atom is 0.497 e. The van der Waals surface area contributed by atoms with Crippen molar-refractivity contribution in [2.24, 2.45) is 5.14 Å². The Kier molecular flexibility index (Phi) is 4.00. The molecule has 108 valence electrons. The number of alkyl halides is 4. The summed E-state index contributed by atoms with van der Waals surface area (Å²) in [4.78, 5) is 0. The molecule has 1 aliphatic rings. The third-order valence-electron chi connectivity index (χ3n) is 2.85. The Morgan fingerprint density at radius 2 is 1.56 bits per heavy atom. The van der Waals surface area contributed by atoms with Crippen molar-refractivity contribution in [2.45, 2.75) is 41.4 Å². The first-order valence-electron chi connectivity index (χ1n) is 4.83. The van der Waals surface area contributed by atoms with Gasteiger partial charge in [-0.05, 0) is 19.3 Å². The molecule has 0 heterocycles. The summed E-state index contributed by atoms with van der Waals surface area (Å²) >= 11 is 0. The van der Waals surface area contributed by atoms with Crippen LogP contribution in [0, 0.1) is 0 Å². The molecule has 3 unspecified atom stereocenters. The van der Waals surface area contributed by atoms with Gasteiger partial charge in [0.05, 0.1) is 5.25 Å². The standard InChI is InChI=1S/C7H11F4NO4S2/c8-5-2-1-4(18(12,15)16)3-6(5)17(13,14)7(9,10)11/h4-6H,1-3H2,(H2,12,15,16). The lowest BCUT2D eigenvalue weighted by Gasteiger charge is -2.30. The molecule has 0 aromatic carbocycles. The van der Waals surface area contributed by atoms with Gasteiger partial charge in [-0.2, -0.15) is 13.2 Å². The molecule has 2 N–H and O–H groups in total. The summed E-state index contributed by atoms with van der Waals surface area (Å²) in [5, 5.41) is 0.870. The second kappa shape index (κ2) is 4.60. The van der Waals surface area contributed by atoms with Crippen LogP contribution in [0.5, 0.6) is 0 Å². The Balaban J connectivity index is 3.09. The van der Waals surface area contributed by atoms with Crippen LogP contribution in [0.3, 0.4) is 0 Å². The van der Waals surface area contributed by atoms with E-state index < -0.39 is 54.9 Å². The smallest absolute Gasteiger partial charge is 0.246 e. The van der Waals surface area contributed by atoms with Crippen LogP contribution in [-0.4, -0.2) is 39.0 Å². The van der Waals surface area contributed by atoms with Crippen LogP contribution >= 0.6 is 0 Å². The number of sulfone groups is 1. The lowest BCUT2D eigenvalue weighted by atomic mass is 9.98. The highest BCUT2D eigenvalue weighted by molar-refractivity contribution is 7.93. The highest BCUT2D eigenvalue weighted by atomic mass is 32.2. The zero-order valence-corrected chi connectivity index (χ0v) is 10.5. The van der Waals surface area contributed by atoms with Gasteiger partial charge in [-0.25, -0.2) is 26.4 Å². The molecule has 3 atom stereocenters. The van der Waals surface area contributed by atoms with Crippen molar-refractivity contribution in [3.63, 3.8) is 0 Å². The third-order valence-corrected chi connectivity index (χ3v) is 6.14. The molecule has 11 heteroatoms. The van der Waals surface area contributed by atoms with Crippen LogP contribution in [0.2, 0.25) is 0 Å². The van der Waals surface area contributed by atoms with Gasteiger partial charge in [0.2, 0.25) is 10.0 Å². The molecule has 1 aliphatic carbocycles. The van der Waals surface area contributed by atoms with Crippen LogP contribution in [0.1, 0.15) is 19.3 Å². The first kappa shape index (κ1) is 15.6. The van der Waals surface area contributed by atoms with E-state index in [4.69, 9.17) is 5.14 Å². The summed E-state index contributed by atoms with van der Waals surface area (Å²) in [5.41, 5.74) is -5.61. The van der Waals surface area contributed by atoms with Crippen molar-refractivity contribution in [1.82, 2.24) is 0 Å². The van der Waals surface area contributed by atoms with Gasteiger partial charge in [0.1, 0.15) is 11.4 Å². The number of halogens is 4. The topological polar surface area (TPSA) is 94.3 Å². The normalized spacial score (nSPS) is 31.3. The summed E-state index contributed by atoms with van der Waals surface area (Å²) in [6.45, 7) is 0. The first-order valence-corrected chi connectivity index (χ1v) is 7.99. The van der Waals surface area contributed by atoms with Gasteiger partial charge in [-0.3, -0.25) is 0 Å².